The Kier molecular flexibility index (Phi) is 7.72. The average molecular weight is 529 g/mol. The first-order valence-electron chi connectivity index (χ1n) is 11.8. The maximum atomic E-state index is 14.1. The van der Waals surface area contributed by atoms with Crippen molar-refractivity contribution in [3.63, 3.8) is 0 Å². The van der Waals surface area contributed by atoms with Gasteiger partial charge in [-0.25, -0.2) is 12.8 Å². The average Bonchev–Trinajstić information content (AvgIpc) is 2.86. The summed E-state index contributed by atoms with van der Waals surface area (Å²) in [6.07, 6.45) is -3.14. The van der Waals surface area contributed by atoms with Gasteiger partial charge < -0.3 is 9.64 Å². The molecule has 2 aliphatic rings. The largest absolute Gasteiger partial charge is 0.409 e. The maximum Gasteiger partial charge on any atom is 0.409 e. The van der Waals surface area contributed by atoms with Crippen molar-refractivity contribution in [2.75, 3.05) is 26.3 Å². The summed E-state index contributed by atoms with van der Waals surface area (Å²) in [6, 6.07) is 5.44. The van der Waals surface area contributed by atoms with Crippen LogP contribution < -0.4 is 0 Å². The Morgan fingerprint density at radius 2 is 1.78 bits per heavy atom. The topological polar surface area (TPSA) is 66.9 Å². The zero-order valence-corrected chi connectivity index (χ0v) is 20.6. The number of amides is 1. The van der Waals surface area contributed by atoms with Gasteiger partial charge in [0.25, 0.3) is 0 Å². The van der Waals surface area contributed by atoms with Gasteiger partial charge in [0.2, 0.25) is 15.9 Å². The van der Waals surface area contributed by atoms with Crippen molar-refractivity contribution in [3.05, 3.63) is 65.0 Å². The molecule has 1 unspecified atom stereocenters. The number of carbonyl (C=O) groups is 1. The van der Waals surface area contributed by atoms with Crippen LogP contribution in [0, 0.1) is 11.7 Å². The van der Waals surface area contributed by atoms with Gasteiger partial charge in [-0.3, -0.25) is 4.79 Å². The molecule has 1 saturated heterocycles. The first kappa shape index (κ1) is 26.6. The number of alkyl halides is 3. The number of rotatable bonds is 6. The number of nitrogens with zero attached hydrogens (tertiary/aromatic N) is 2. The zero-order valence-electron chi connectivity index (χ0n) is 19.8. The molecule has 11 heteroatoms. The fourth-order valence-corrected chi connectivity index (χ4v) is 6.54. The van der Waals surface area contributed by atoms with E-state index in [1.54, 1.807) is 11.0 Å². The van der Waals surface area contributed by atoms with E-state index in [0.29, 0.717) is 48.9 Å². The number of hydrogen-bond donors (Lipinski definition) is 0. The molecule has 0 N–H and O–H groups in total. The smallest absolute Gasteiger partial charge is 0.381 e. The van der Waals surface area contributed by atoms with Crippen LogP contribution in [0.2, 0.25) is 0 Å². The van der Waals surface area contributed by atoms with Crippen LogP contribution in [0.5, 0.6) is 0 Å². The number of carbonyl (C=O) groups excluding carboxylic acids is 1. The second-order valence-electron chi connectivity index (χ2n) is 9.03. The van der Waals surface area contributed by atoms with Crippen molar-refractivity contribution < 1.29 is 35.5 Å². The molecule has 6 nitrogen and oxygen atoms in total. The first-order valence-corrected chi connectivity index (χ1v) is 13.3. The number of hydrogen-bond acceptors (Lipinski definition) is 4. The van der Waals surface area contributed by atoms with E-state index in [-0.39, 0.29) is 28.8 Å². The summed E-state index contributed by atoms with van der Waals surface area (Å²) in [6.45, 7) is 2.61. The summed E-state index contributed by atoms with van der Waals surface area (Å²) in [7, 11) is -4.58. The van der Waals surface area contributed by atoms with E-state index in [2.05, 4.69) is 0 Å². The molecule has 0 spiro atoms. The summed E-state index contributed by atoms with van der Waals surface area (Å²) in [5.41, 5.74) is 1.09. The predicted octanol–water partition coefficient (Wildman–Crippen LogP) is 4.45. The van der Waals surface area contributed by atoms with E-state index in [9.17, 15) is 30.8 Å². The van der Waals surface area contributed by atoms with Gasteiger partial charge in [-0.1, -0.05) is 25.1 Å². The fraction of sp³-hybridized carbons (Fsp3) is 0.480. The molecule has 0 bridgehead atoms. The molecule has 2 aromatic carbocycles. The molecule has 4 rings (SSSR count). The lowest BCUT2D eigenvalue weighted by Gasteiger charge is -2.34. The maximum absolute atomic E-state index is 14.1. The molecule has 2 heterocycles. The van der Waals surface area contributed by atoms with Crippen LogP contribution in [-0.2, 0) is 32.5 Å². The third-order valence-corrected chi connectivity index (χ3v) is 8.71. The third kappa shape index (κ3) is 5.42. The number of fused-ring (bicyclic) bond motifs is 1. The Labute approximate surface area is 207 Å². The molecular formula is C25H28F4N2O4S. The van der Waals surface area contributed by atoms with E-state index < -0.39 is 34.6 Å². The van der Waals surface area contributed by atoms with Crippen LogP contribution in [0.15, 0.2) is 47.4 Å². The van der Waals surface area contributed by atoms with Crippen molar-refractivity contribution in [2.45, 2.75) is 49.8 Å². The number of benzene rings is 2. The normalized spacial score (nSPS) is 18.2. The summed E-state index contributed by atoms with van der Waals surface area (Å²) in [4.78, 5) is 14.4. The number of halogens is 4. The predicted molar refractivity (Wildman–Crippen MR) is 124 cm³/mol. The molecule has 0 radical (unpaired) electrons. The van der Waals surface area contributed by atoms with Crippen molar-refractivity contribution in [1.82, 2.24) is 9.21 Å². The van der Waals surface area contributed by atoms with Gasteiger partial charge in [0.1, 0.15) is 11.9 Å². The van der Waals surface area contributed by atoms with E-state index in [1.165, 1.54) is 19.1 Å². The lowest BCUT2D eigenvalue weighted by Crippen LogP contribution is -2.43. The van der Waals surface area contributed by atoms with Gasteiger partial charge >= 0.3 is 6.18 Å². The standard InChI is InChI=1S/C25H28F4N2O4S/c1-2-31(23(25(27,28)29)18-3-6-21(26)7-4-18)36(33,34)22-8-5-17-9-12-30(16-20(17)15-22)24(32)19-10-13-35-14-11-19/h3-8,15,19,23H,2,9-14,16H2,1H3. The molecule has 0 aromatic heterocycles. The highest BCUT2D eigenvalue weighted by atomic mass is 32.2. The van der Waals surface area contributed by atoms with E-state index in [1.807, 2.05) is 0 Å². The minimum Gasteiger partial charge on any atom is -0.381 e. The molecule has 0 aliphatic carbocycles. The summed E-state index contributed by atoms with van der Waals surface area (Å²) in [5.74, 6) is -0.882. The molecular weight excluding hydrogens is 500 g/mol. The molecule has 36 heavy (non-hydrogen) atoms. The van der Waals surface area contributed by atoms with Gasteiger partial charge in [-0.15, -0.1) is 0 Å². The SMILES string of the molecule is CCN(C(c1ccc(F)cc1)C(F)(F)F)S(=O)(=O)c1ccc2c(c1)CN(C(=O)C1CCOCC1)CC2. The van der Waals surface area contributed by atoms with Gasteiger partial charge in [0, 0.05) is 38.8 Å². The molecule has 1 atom stereocenters. The van der Waals surface area contributed by atoms with Crippen molar-refractivity contribution in [2.24, 2.45) is 5.92 Å². The third-order valence-electron chi connectivity index (χ3n) is 6.77. The summed E-state index contributed by atoms with van der Waals surface area (Å²) >= 11 is 0. The highest BCUT2D eigenvalue weighted by Gasteiger charge is 2.48. The monoisotopic (exact) mass is 528 g/mol. The van der Waals surface area contributed by atoms with Crippen LogP contribution >= 0.6 is 0 Å². The fourth-order valence-electron chi connectivity index (χ4n) is 4.88. The molecule has 196 valence electrons. The Morgan fingerprint density at radius 1 is 1.11 bits per heavy atom. The van der Waals surface area contributed by atoms with Crippen LogP contribution in [0.4, 0.5) is 17.6 Å². The number of ether oxygens (including phenoxy) is 1. The van der Waals surface area contributed by atoms with Crippen LogP contribution in [0.3, 0.4) is 0 Å². The Morgan fingerprint density at radius 3 is 2.39 bits per heavy atom. The highest BCUT2D eigenvalue weighted by Crippen LogP contribution is 2.41. The highest BCUT2D eigenvalue weighted by molar-refractivity contribution is 7.89. The summed E-state index contributed by atoms with van der Waals surface area (Å²) in [5, 5.41) is 0. The Bertz CT molecular complexity index is 1200. The lowest BCUT2D eigenvalue weighted by atomic mass is 9.95. The molecule has 2 aliphatic heterocycles. The molecule has 1 amide bonds. The van der Waals surface area contributed by atoms with Crippen molar-refractivity contribution in [1.29, 1.82) is 0 Å². The summed E-state index contributed by atoms with van der Waals surface area (Å²) < 4.78 is 88.4. The van der Waals surface area contributed by atoms with Crippen LogP contribution in [0.25, 0.3) is 0 Å². The van der Waals surface area contributed by atoms with Gasteiger partial charge in [0.05, 0.1) is 4.90 Å². The van der Waals surface area contributed by atoms with Gasteiger partial charge in [-0.2, -0.15) is 17.5 Å². The van der Waals surface area contributed by atoms with Crippen LogP contribution in [0.1, 0.15) is 42.5 Å². The molecule has 2 aromatic rings. The number of sulfonamides is 1. The van der Waals surface area contributed by atoms with Crippen LogP contribution in [-0.4, -0.2) is 56.0 Å². The molecule has 1 fully saturated rings. The van der Waals surface area contributed by atoms with Gasteiger partial charge in [0.15, 0.2) is 0 Å². The minimum absolute atomic E-state index is 0.0131. The Hall–Kier alpha value is -2.50. The second-order valence-corrected chi connectivity index (χ2v) is 10.9. The minimum atomic E-state index is -4.93. The quantitative estimate of drug-likeness (QED) is 0.520. The van der Waals surface area contributed by atoms with Gasteiger partial charge in [-0.05, 0) is 60.2 Å². The van der Waals surface area contributed by atoms with E-state index in [0.717, 1.165) is 29.8 Å². The molecule has 0 saturated carbocycles. The lowest BCUT2D eigenvalue weighted by molar-refractivity contribution is -0.173. The van der Waals surface area contributed by atoms with E-state index >= 15 is 0 Å². The van der Waals surface area contributed by atoms with Crippen molar-refractivity contribution in [3.8, 4) is 0 Å². The Balaban J connectivity index is 1.64. The van der Waals surface area contributed by atoms with Crippen molar-refractivity contribution >= 4 is 15.9 Å². The second kappa shape index (κ2) is 10.5. The van der Waals surface area contributed by atoms with E-state index in [4.69, 9.17) is 4.74 Å². The first-order chi connectivity index (χ1) is 17.0. The zero-order chi connectivity index (χ0) is 26.1.